The Bertz CT molecular complexity index is 1240. The summed E-state index contributed by atoms with van der Waals surface area (Å²) in [7, 11) is 1.04. The van der Waals surface area contributed by atoms with Crippen molar-refractivity contribution in [1.29, 1.82) is 5.26 Å². The quantitative estimate of drug-likeness (QED) is 0.348. The molecule has 1 aliphatic rings. The fraction of sp³-hybridized carbons (Fsp3) is 0.217. The van der Waals surface area contributed by atoms with Gasteiger partial charge in [0.05, 0.1) is 40.8 Å². The third-order valence-corrected chi connectivity index (χ3v) is 6.10. The number of carbonyl (C=O) groups excluding carboxylic acids is 3. The predicted molar refractivity (Wildman–Crippen MR) is 118 cm³/mol. The van der Waals surface area contributed by atoms with E-state index in [0.717, 1.165) is 25.3 Å². The van der Waals surface area contributed by atoms with Gasteiger partial charge < -0.3 is 15.4 Å². The average Bonchev–Trinajstić information content (AvgIpc) is 2.82. The number of alkyl halides is 3. The van der Waals surface area contributed by atoms with Crippen LogP contribution in [0.25, 0.3) is 0 Å². The van der Waals surface area contributed by atoms with Crippen LogP contribution in [-0.2, 0) is 25.3 Å². The molecule has 0 spiro atoms. The lowest BCUT2D eigenvalue weighted by Gasteiger charge is -2.31. The number of esters is 1. The molecule has 1 heterocycles. The van der Waals surface area contributed by atoms with E-state index >= 15 is 0 Å². The van der Waals surface area contributed by atoms with Crippen molar-refractivity contribution < 1.29 is 36.7 Å². The minimum absolute atomic E-state index is 0.101. The Labute approximate surface area is 201 Å². The molecule has 2 N–H and O–H groups in total. The summed E-state index contributed by atoms with van der Waals surface area (Å²) in [6.07, 6.45) is -4.69. The molecule has 2 amide bonds. The average molecular weight is 507 g/mol. The number of rotatable bonds is 6. The molecule has 182 valence electrons. The topological polar surface area (TPSA) is 108 Å². The lowest BCUT2D eigenvalue weighted by atomic mass is 9.78. The van der Waals surface area contributed by atoms with Crippen molar-refractivity contribution in [2.24, 2.45) is 5.92 Å². The van der Waals surface area contributed by atoms with E-state index in [1.807, 2.05) is 6.07 Å². The van der Waals surface area contributed by atoms with Gasteiger partial charge in [0.15, 0.2) is 0 Å². The number of nitriles is 1. The van der Waals surface area contributed by atoms with Crippen molar-refractivity contribution in [3.63, 3.8) is 0 Å². The van der Waals surface area contributed by atoms with Gasteiger partial charge >= 0.3 is 12.1 Å². The monoisotopic (exact) mass is 507 g/mol. The second kappa shape index (κ2) is 10.6. The molecule has 2 aromatic carbocycles. The molecule has 35 heavy (non-hydrogen) atoms. The Balaban J connectivity index is 1.91. The Morgan fingerprint density at radius 2 is 1.83 bits per heavy atom. The molecule has 2 unspecified atom stereocenters. The van der Waals surface area contributed by atoms with E-state index in [4.69, 9.17) is 0 Å². The standard InChI is InChI=1S/C23H17F4N3O4S/c1-34-22(33)19-18(12-6-2-4-8-15(12)24)13(10-28)21(30-20(19)32)35-11-17(31)29-16-9-5-3-7-14(16)23(25,26)27/h2-9,18-19H,11H2,1H3,(H,29,31)(H,30,32). The summed E-state index contributed by atoms with van der Waals surface area (Å²) in [6.45, 7) is 0. The fourth-order valence-corrected chi connectivity index (χ4v) is 4.39. The number of ether oxygens (including phenoxy) is 1. The lowest BCUT2D eigenvalue weighted by molar-refractivity contribution is -0.150. The van der Waals surface area contributed by atoms with Crippen molar-refractivity contribution in [2.75, 3.05) is 18.2 Å². The van der Waals surface area contributed by atoms with Crippen LogP contribution in [0.15, 0.2) is 59.1 Å². The Morgan fingerprint density at radius 1 is 1.17 bits per heavy atom. The summed E-state index contributed by atoms with van der Waals surface area (Å²) >= 11 is 0.657. The third-order valence-electron chi connectivity index (χ3n) is 5.08. The smallest absolute Gasteiger partial charge is 0.418 e. The van der Waals surface area contributed by atoms with Crippen molar-refractivity contribution in [3.8, 4) is 6.07 Å². The van der Waals surface area contributed by atoms with E-state index in [9.17, 15) is 37.2 Å². The van der Waals surface area contributed by atoms with E-state index in [0.29, 0.717) is 11.8 Å². The number of allylic oxidation sites excluding steroid dienone is 1. The van der Waals surface area contributed by atoms with Gasteiger partial charge in [-0.2, -0.15) is 18.4 Å². The normalized spacial score (nSPS) is 17.9. The minimum atomic E-state index is -4.69. The van der Waals surface area contributed by atoms with Crippen LogP contribution in [0.5, 0.6) is 0 Å². The largest absolute Gasteiger partial charge is 0.468 e. The minimum Gasteiger partial charge on any atom is -0.468 e. The Morgan fingerprint density at radius 3 is 2.46 bits per heavy atom. The number of halogens is 4. The van der Waals surface area contributed by atoms with Crippen LogP contribution in [0.4, 0.5) is 23.2 Å². The molecule has 7 nitrogen and oxygen atoms in total. The van der Waals surface area contributed by atoms with Gasteiger partial charge in [0.1, 0.15) is 11.7 Å². The number of benzene rings is 2. The molecule has 0 saturated carbocycles. The number of thioether (sulfide) groups is 1. The van der Waals surface area contributed by atoms with Gasteiger partial charge in [-0.3, -0.25) is 14.4 Å². The first-order chi connectivity index (χ1) is 16.6. The van der Waals surface area contributed by atoms with Crippen molar-refractivity contribution >= 4 is 35.2 Å². The zero-order chi connectivity index (χ0) is 25.8. The molecule has 0 saturated heterocycles. The first kappa shape index (κ1) is 25.8. The second-order valence-corrected chi connectivity index (χ2v) is 8.21. The molecule has 2 aromatic rings. The maximum atomic E-state index is 14.6. The van der Waals surface area contributed by atoms with Crippen LogP contribution in [-0.4, -0.2) is 30.6 Å². The van der Waals surface area contributed by atoms with E-state index in [-0.39, 0.29) is 16.2 Å². The molecule has 12 heteroatoms. The Hall–Kier alpha value is -3.85. The molecule has 3 rings (SSSR count). The molecule has 2 atom stereocenters. The molecule has 0 fully saturated rings. The highest BCUT2D eigenvalue weighted by molar-refractivity contribution is 8.03. The van der Waals surface area contributed by atoms with Crippen LogP contribution in [0, 0.1) is 23.1 Å². The maximum absolute atomic E-state index is 14.6. The van der Waals surface area contributed by atoms with Gasteiger partial charge in [-0.25, -0.2) is 4.39 Å². The Kier molecular flexibility index (Phi) is 7.81. The van der Waals surface area contributed by atoms with Gasteiger partial charge in [0.25, 0.3) is 0 Å². The number of carbonyl (C=O) groups is 3. The number of amides is 2. The number of para-hydroxylation sites is 1. The zero-order valence-electron chi connectivity index (χ0n) is 18.0. The third kappa shape index (κ3) is 5.63. The summed E-state index contributed by atoms with van der Waals surface area (Å²) in [5, 5.41) is 14.2. The van der Waals surface area contributed by atoms with Crippen LogP contribution in [0.3, 0.4) is 0 Å². The summed E-state index contributed by atoms with van der Waals surface area (Å²) in [5.74, 6) is -6.87. The van der Waals surface area contributed by atoms with Crippen molar-refractivity contribution in [3.05, 3.63) is 76.1 Å². The number of anilines is 1. The molecular formula is C23H17F4N3O4S. The van der Waals surface area contributed by atoms with E-state index in [2.05, 4.69) is 15.4 Å². The highest BCUT2D eigenvalue weighted by atomic mass is 32.2. The number of nitrogens with one attached hydrogen (secondary N) is 2. The van der Waals surface area contributed by atoms with Crippen LogP contribution < -0.4 is 10.6 Å². The maximum Gasteiger partial charge on any atom is 0.418 e. The zero-order valence-corrected chi connectivity index (χ0v) is 18.8. The summed E-state index contributed by atoms with van der Waals surface area (Å²) in [6, 6.07) is 11.5. The van der Waals surface area contributed by atoms with E-state index in [1.54, 1.807) is 0 Å². The first-order valence-corrected chi connectivity index (χ1v) is 10.9. The van der Waals surface area contributed by atoms with Crippen LogP contribution in [0.1, 0.15) is 17.0 Å². The number of hydrogen-bond donors (Lipinski definition) is 2. The number of hydrogen-bond acceptors (Lipinski definition) is 6. The van der Waals surface area contributed by atoms with Crippen LogP contribution in [0.2, 0.25) is 0 Å². The van der Waals surface area contributed by atoms with Gasteiger partial charge in [-0.15, -0.1) is 0 Å². The molecule has 0 bridgehead atoms. The molecule has 1 aliphatic heterocycles. The van der Waals surface area contributed by atoms with Gasteiger partial charge in [-0.1, -0.05) is 42.1 Å². The number of nitrogens with zero attached hydrogens (tertiary/aromatic N) is 1. The fourth-order valence-electron chi connectivity index (χ4n) is 3.55. The van der Waals surface area contributed by atoms with Gasteiger partial charge in [0.2, 0.25) is 11.8 Å². The highest BCUT2D eigenvalue weighted by Crippen LogP contribution is 2.41. The van der Waals surface area contributed by atoms with Crippen LogP contribution >= 0.6 is 11.8 Å². The summed E-state index contributed by atoms with van der Waals surface area (Å²) in [5.41, 5.74) is -1.79. The molecule has 0 aromatic heterocycles. The number of methoxy groups -OCH3 is 1. The molecule has 0 radical (unpaired) electrons. The SMILES string of the molecule is COC(=O)C1C(=O)NC(SCC(=O)Nc2ccccc2C(F)(F)F)=C(C#N)C1c1ccccc1F. The predicted octanol–water partition coefficient (Wildman–Crippen LogP) is 3.95. The highest BCUT2D eigenvalue weighted by Gasteiger charge is 2.45. The molecule has 0 aliphatic carbocycles. The van der Waals surface area contributed by atoms with Crippen molar-refractivity contribution in [1.82, 2.24) is 5.32 Å². The van der Waals surface area contributed by atoms with Crippen molar-refractivity contribution in [2.45, 2.75) is 12.1 Å². The van der Waals surface area contributed by atoms with E-state index < -0.39 is 58.6 Å². The molecular weight excluding hydrogens is 490 g/mol. The van der Waals surface area contributed by atoms with E-state index in [1.165, 1.54) is 30.3 Å². The second-order valence-electron chi connectivity index (χ2n) is 7.22. The first-order valence-electron chi connectivity index (χ1n) is 9.94. The van der Waals surface area contributed by atoms with Gasteiger partial charge in [0, 0.05) is 5.92 Å². The summed E-state index contributed by atoms with van der Waals surface area (Å²) in [4.78, 5) is 37.4. The van der Waals surface area contributed by atoms with Gasteiger partial charge in [-0.05, 0) is 23.8 Å². The lowest BCUT2D eigenvalue weighted by Crippen LogP contribution is -2.44. The summed E-state index contributed by atoms with van der Waals surface area (Å²) < 4.78 is 58.8.